The number of halogens is 1. The van der Waals surface area contributed by atoms with Crippen LogP contribution >= 0.6 is 0 Å². The van der Waals surface area contributed by atoms with E-state index < -0.39 is 5.82 Å². The largest absolute Gasteiger partial charge is 0.494 e. The topological polar surface area (TPSA) is 52.3 Å². The number of Topliss-reactive ketones (excluding diaryl/α,β-unsaturated/α-hetero) is 1. The third-order valence-corrected chi connectivity index (χ3v) is 3.70. The Morgan fingerprint density at radius 1 is 1.35 bits per heavy atom. The Morgan fingerprint density at radius 2 is 2.05 bits per heavy atom. The number of carbonyl (C=O) groups excluding carboxylic acids is 1. The first-order chi connectivity index (χ1) is 9.49. The Hall–Kier alpha value is -1.42. The van der Waals surface area contributed by atoms with E-state index in [-0.39, 0.29) is 11.5 Å². The third kappa shape index (κ3) is 4.60. The zero-order chi connectivity index (χ0) is 15.1. The second-order valence-electron chi connectivity index (χ2n) is 5.39. The Labute approximate surface area is 120 Å². The van der Waals surface area contributed by atoms with Gasteiger partial charge in [0.25, 0.3) is 0 Å². The van der Waals surface area contributed by atoms with Gasteiger partial charge in [0, 0.05) is 12.0 Å². The molecule has 112 valence electrons. The average Bonchev–Trinajstić information content (AvgIpc) is 2.42. The normalized spacial score (nSPS) is 12.5. The van der Waals surface area contributed by atoms with Crippen LogP contribution in [0.2, 0.25) is 0 Å². The lowest BCUT2D eigenvalue weighted by Crippen LogP contribution is -2.16. The molecule has 4 heteroatoms. The fraction of sp³-hybridized carbons (Fsp3) is 0.562. The zero-order valence-corrected chi connectivity index (χ0v) is 12.5. The maximum atomic E-state index is 13.6. The molecule has 0 radical (unpaired) electrons. The number of hydrogen-bond acceptors (Lipinski definition) is 3. The average molecular weight is 281 g/mol. The summed E-state index contributed by atoms with van der Waals surface area (Å²) >= 11 is 0. The number of ketones is 1. The molecule has 0 bridgehead atoms. The van der Waals surface area contributed by atoms with Gasteiger partial charge in [0.05, 0.1) is 7.11 Å². The molecule has 1 unspecified atom stereocenters. The van der Waals surface area contributed by atoms with Crippen LogP contribution in [-0.4, -0.2) is 19.4 Å². The maximum Gasteiger partial charge on any atom is 0.165 e. The standard InChI is InChI=1S/C16H24FNO2/c1-11(2)12(8-9-18)4-6-15(19)13-5-7-16(20-3)14(17)10-13/h5,7,10-12H,4,6,8-9,18H2,1-3H3. The Bertz CT molecular complexity index is 446. The van der Waals surface area contributed by atoms with E-state index in [1.165, 1.54) is 19.2 Å². The summed E-state index contributed by atoms with van der Waals surface area (Å²) in [6.45, 7) is 4.91. The van der Waals surface area contributed by atoms with Crippen LogP contribution in [0.1, 0.15) is 43.5 Å². The van der Waals surface area contributed by atoms with E-state index in [0.29, 0.717) is 30.4 Å². The van der Waals surface area contributed by atoms with Crippen molar-refractivity contribution in [3.63, 3.8) is 0 Å². The fourth-order valence-corrected chi connectivity index (χ4v) is 2.33. The highest BCUT2D eigenvalue weighted by atomic mass is 19.1. The number of nitrogens with two attached hydrogens (primary N) is 1. The highest BCUT2D eigenvalue weighted by Gasteiger charge is 2.16. The molecule has 3 nitrogen and oxygen atoms in total. The van der Waals surface area contributed by atoms with Gasteiger partial charge < -0.3 is 10.5 Å². The maximum absolute atomic E-state index is 13.6. The summed E-state index contributed by atoms with van der Waals surface area (Å²) in [4.78, 5) is 12.1. The predicted molar refractivity (Wildman–Crippen MR) is 78.5 cm³/mol. The summed E-state index contributed by atoms with van der Waals surface area (Å²) in [5.41, 5.74) is 5.99. The molecule has 0 fully saturated rings. The number of benzene rings is 1. The number of ether oxygens (including phenoxy) is 1. The number of carbonyl (C=O) groups is 1. The second-order valence-corrected chi connectivity index (χ2v) is 5.39. The van der Waals surface area contributed by atoms with Crippen LogP contribution in [0.3, 0.4) is 0 Å². The molecule has 0 spiro atoms. The SMILES string of the molecule is COc1ccc(C(=O)CCC(CCN)C(C)C)cc1F. The number of methoxy groups -OCH3 is 1. The van der Waals surface area contributed by atoms with E-state index in [9.17, 15) is 9.18 Å². The van der Waals surface area contributed by atoms with E-state index in [0.717, 1.165) is 12.8 Å². The van der Waals surface area contributed by atoms with Gasteiger partial charge in [-0.25, -0.2) is 4.39 Å². The molecule has 0 amide bonds. The van der Waals surface area contributed by atoms with Gasteiger partial charge in [-0.2, -0.15) is 0 Å². The van der Waals surface area contributed by atoms with Crippen molar-refractivity contribution in [1.29, 1.82) is 0 Å². The quantitative estimate of drug-likeness (QED) is 0.743. The lowest BCUT2D eigenvalue weighted by Gasteiger charge is -2.19. The van der Waals surface area contributed by atoms with Crippen molar-refractivity contribution in [2.45, 2.75) is 33.1 Å². The van der Waals surface area contributed by atoms with Crippen LogP contribution in [0.4, 0.5) is 4.39 Å². The van der Waals surface area contributed by atoms with Crippen LogP contribution < -0.4 is 10.5 Å². The molecule has 0 aliphatic rings. The van der Waals surface area contributed by atoms with Crippen molar-refractivity contribution >= 4 is 5.78 Å². The van der Waals surface area contributed by atoms with Crippen LogP contribution in [0.25, 0.3) is 0 Å². The van der Waals surface area contributed by atoms with Crippen LogP contribution in [0.5, 0.6) is 5.75 Å². The first kappa shape index (κ1) is 16.6. The van der Waals surface area contributed by atoms with Gasteiger partial charge in [-0.1, -0.05) is 13.8 Å². The molecule has 1 aromatic rings. The monoisotopic (exact) mass is 281 g/mol. The van der Waals surface area contributed by atoms with Crippen molar-refractivity contribution in [2.24, 2.45) is 17.6 Å². The third-order valence-electron chi connectivity index (χ3n) is 3.70. The van der Waals surface area contributed by atoms with E-state index in [2.05, 4.69) is 13.8 Å². The minimum Gasteiger partial charge on any atom is -0.494 e. The van der Waals surface area contributed by atoms with Gasteiger partial charge in [0.15, 0.2) is 17.3 Å². The molecule has 0 aliphatic carbocycles. The van der Waals surface area contributed by atoms with E-state index in [4.69, 9.17) is 10.5 Å². The second kappa shape index (κ2) is 8.00. The smallest absolute Gasteiger partial charge is 0.165 e. The molecule has 0 aromatic heterocycles. The predicted octanol–water partition coefficient (Wildman–Crippen LogP) is 3.42. The molecule has 1 atom stereocenters. The van der Waals surface area contributed by atoms with Crippen molar-refractivity contribution in [1.82, 2.24) is 0 Å². The molecule has 0 saturated carbocycles. The molecular weight excluding hydrogens is 257 g/mol. The minimum atomic E-state index is -0.499. The van der Waals surface area contributed by atoms with E-state index >= 15 is 0 Å². The summed E-state index contributed by atoms with van der Waals surface area (Å²) in [6, 6.07) is 4.34. The van der Waals surface area contributed by atoms with Crippen LogP contribution in [-0.2, 0) is 0 Å². The lowest BCUT2D eigenvalue weighted by atomic mass is 9.87. The van der Waals surface area contributed by atoms with Crippen LogP contribution in [0.15, 0.2) is 18.2 Å². The van der Waals surface area contributed by atoms with Crippen molar-refractivity contribution in [2.75, 3.05) is 13.7 Å². The molecule has 0 heterocycles. The van der Waals surface area contributed by atoms with Gasteiger partial charge in [-0.3, -0.25) is 4.79 Å². The molecule has 2 N–H and O–H groups in total. The zero-order valence-electron chi connectivity index (χ0n) is 12.5. The molecule has 1 aromatic carbocycles. The van der Waals surface area contributed by atoms with Gasteiger partial charge in [0.2, 0.25) is 0 Å². The Kier molecular flexibility index (Phi) is 6.65. The first-order valence-corrected chi connectivity index (χ1v) is 7.06. The highest BCUT2D eigenvalue weighted by molar-refractivity contribution is 5.96. The van der Waals surface area contributed by atoms with E-state index in [1.54, 1.807) is 6.07 Å². The molecular formula is C16H24FNO2. The Balaban J connectivity index is 2.64. The summed E-state index contributed by atoms with van der Waals surface area (Å²) < 4.78 is 18.4. The van der Waals surface area contributed by atoms with Gasteiger partial charge >= 0.3 is 0 Å². The van der Waals surface area contributed by atoms with Gasteiger partial charge in [-0.15, -0.1) is 0 Å². The van der Waals surface area contributed by atoms with Crippen molar-refractivity contribution in [3.05, 3.63) is 29.6 Å². The van der Waals surface area contributed by atoms with Crippen molar-refractivity contribution in [3.8, 4) is 5.75 Å². The number of hydrogen-bond donors (Lipinski definition) is 1. The number of rotatable bonds is 8. The van der Waals surface area contributed by atoms with E-state index in [1.807, 2.05) is 0 Å². The summed E-state index contributed by atoms with van der Waals surface area (Å²) in [7, 11) is 1.40. The highest BCUT2D eigenvalue weighted by Crippen LogP contribution is 2.23. The lowest BCUT2D eigenvalue weighted by molar-refractivity contribution is 0.0968. The summed E-state index contributed by atoms with van der Waals surface area (Å²) in [5, 5.41) is 0. The van der Waals surface area contributed by atoms with Crippen molar-refractivity contribution < 1.29 is 13.9 Å². The fourth-order valence-electron chi connectivity index (χ4n) is 2.33. The molecule has 20 heavy (non-hydrogen) atoms. The van der Waals surface area contributed by atoms with Gasteiger partial charge in [-0.05, 0) is 49.4 Å². The van der Waals surface area contributed by atoms with Gasteiger partial charge in [0.1, 0.15) is 0 Å². The first-order valence-electron chi connectivity index (χ1n) is 7.06. The van der Waals surface area contributed by atoms with Crippen LogP contribution in [0, 0.1) is 17.7 Å². The minimum absolute atomic E-state index is 0.0331. The summed E-state index contributed by atoms with van der Waals surface area (Å²) in [5.74, 6) is 0.561. The molecule has 0 aliphatic heterocycles. The summed E-state index contributed by atoms with van der Waals surface area (Å²) in [6.07, 6.45) is 2.14. The molecule has 1 rings (SSSR count). The Morgan fingerprint density at radius 3 is 2.55 bits per heavy atom. The molecule has 0 saturated heterocycles.